The third-order valence-corrected chi connectivity index (χ3v) is 2.38. The van der Waals surface area contributed by atoms with Crippen molar-refractivity contribution in [3.05, 3.63) is 35.9 Å². The Labute approximate surface area is 102 Å². The van der Waals surface area contributed by atoms with Crippen molar-refractivity contribution >= 4 is 11.7 Å². The maximum absolute atomic E-state index is 11.7. The summed E-state index contributed by atoms with van der Waals surface area (Å²) in [7, 11) is 3.35. The van der Waals surface area contributed by atoms with Crippen LogP contribution < -0.4 is 5.32 Å². The summed E-state index contributed by atoms with van der Waals surface area (Å²) in [5.41, 5.74) is 1.01. The molecule has 1 amide bonds. The van der Waals surface area contributed by atoms with Gasteiger partial charge in [0.2, 0.25) is 5.91 Å². The summed E-state index contributed by atoms with van der Waals surface area (Å²) in [6.07, 6.45) is 0.416. The van der Waals surface area contributed by atoms with Crippen LogP contribution in [0.25, 0.3) is 0 Å². The number of rotatable bonds is 6. The largest absolute Gasteiger partial charge is 0.358 e. The van der Waals surface area contributed by atoms with Gasteiger partial charge in [-0.2, -0.15) is 0 Å². The van der Waals surface area contributed by atoms with E-state index in [1.54, 1.807) is 19.0 Å². The van der Waals surface area contributed by atoms with E-state index in [4.69, 9.17) is 0 Å². The molecule has 4 heteroatoms. The van der Waals surface area contributed by atoms with Gasteiger partial charge in [0, 0.05) is 13.5 Å². The summed E-state index contributed by atoms with van der Waals surface area (Å²) in [5.74, 6) is 0.0302. The van der Waals surface area contributed by atoms with Crippen LogP contribution in [0, 0.1) is 0 Å². The third-order valence-electron chi connectivity index (χ3n) is 2.38. The Morgan fingerprint density at radius 1 is 1.18 bits per heavy atom. The van der Waals surface area contributed by atoms with E-state index in [9.17, 15) is 9.59 Å². The van der Waals surface area contributed by atoms with Crippen LogP contribution in [0.2, 0.25) is 0 Å². The summed E-state index contributed by atoms with van der Waals surface area (Å²) >= 11 is 0. The number of benzene rings is 1. The predicted octanol–water partition coefficient (Wildman–Crippen LogP) is 0.476. The summed E-state index contributed by atoms with van der Waals surface area (Å²) in [6.45, 7) is 0.541. The molecule has 0 unspecified atom stereocenters. The minimum Gasteiger partial charge on any atom is -0.358 e. The van der Waals surface area contributed by atoms with E-state index in [0.717, 1.165) is 5.56 Å². The van der Waals surface area contributed by atoms with Crippen molar-refractivity contribution in [1.82, 2.24) is 10.2 Å². The molecule has 1 aromatic rings. The van der Waals surface area contributed by atoms with E-state index in [2.05, 4.69) is 5.32 Å². The van der Waals surface area contributed by atoms with Crippen LogP contribution >= 0.6 is 0 Å². The molecule has 4 nitrogen and oxygen atoms in total. The van der Waals surface area contributed by atoms with Gasteiger partial charge >= 0.3 is 0 Å². The second-order valence-electron chi connectivity index (χ2n) is 4.05. The second kappa shape index (κ2) is 6.81. The highest BCUT2D eigenvalue weighted by Gasteiger charge is 2.10. The Morgan fingerprint density at radius 2 is 1.82 bits per heavy atom. The zero-order chi connectivity index (χ0) is 12.7. The molecule has 0 radical (unpaired) electrons. The number of nitrogens with one attached hydrogen (secondary N) is 1. The van der Waals surface area contributed by atoms with Crippen molar-refractivity contribution in [3.8, 4) is 0 Å². The lowest BCUT2D eigenvalue weighted by Crippen LogP contribution is -2.36. The van der Waals surface area contributed by atoms with Gasteiger partial charge in [-0.05, 0) is 12.6 Å². The molecule has 0 fully saturated rings. The molecule has 1 N–H and O–H groups in total. The molecule has 0 saturated carbocycles. The minimum absolute atomic E-state index is 0.0833. The third kappa shape index (κ3) is 5.26. The highest BCUT2D eigenvalue weighted by atomic mass is 16.2. The van der Waals surface area contributed by atoms with Gasteiger partial charge in [0.25, 0.3) is 0 Å². The zero-order valence-corrected chi connectivity index (χ0v) is 10.3. The molecule has 0 aromatic heterocycles. The Kier molecular flexibility index (Phi) is 5.36. The van der Waals surface area contributed by atoms with E-state index >= 15 is 0 Å². The first kappa shape index (κ1) is 13.4. The van der Waals surface area contributed by atoms with Crippen LogP contribution in [0.15, 0.2) is 30.3 Å². The molecule has 0 atom stereocenters. The molecule has 0 aliphatic rings. The lowest BCUT2D eigenvalue weighted by Gasteiger charge is -2.14. The molecular formula is C13H18N2O2. The van der Waals surface area contributed by atoms with Crippen LogP contribution in [-0.4, -0.2) is 43.8 Å². The molecule has 17 heavy (non-hydrogen) atoms. The highest BCUT2D eigenvalue weighted by molar-refractivity contribution is 5.84. The average Bonchev–Trinajstić information content (AvgIpc) is 2.29. The topological polar surface area (TPSA) is 49.4 Å². The van der Waals surface area contributed by atoms with Crippen molar-refractivity contribution in [2.24, 2.45) is 0 Å². The fraction of sp³-hybridized carbons (Fsp3) is 0.385. The molecule has 0 aliphatic heterocycles. The Bertz CT molecular complexity index is 376. The number of hydrogen-bond donors (Lipinski definition) is 1. The van der Waals surface area contributed by atoms with E-state index < -0.39 is 0 Å². The van der Waals surface area contributed by atoms with Crippen LogP contribution in [-0.2, 0) is 16.0 Å². The molecule has 0 heterocycles. The van der Waals surface area contributed by atoms with Crippen molar-refractivity contribution in [3.63, 3.8) is 0 Å². The lowest BCUT2D eigenvalue weighted by atomic mass is 10.1. The first-order valence-corrected chi connectivity index (χ1v) is 5.56. The SMILES string of the molecule is CNC(=O)CN(C)CC(=O)Cc1ccccc1. The summed E-state index contributed by atoms with van der Waals surface area (Å²) in [5, 5.41) is 2.53. The normalized spacial score (nSPS) is 10.3. The highest BCUT2D eigenvalue weighted by Crippen LogP contribution is 2.00. The van der Waals surface area contributed by atoms with Gasteiger partial charge in [-0.1, -0.05) is 30.3 Å². The first-order valence-electron chi connectivity index (χ1n) is 5.56. The molecule has 92 valence electrons. The van der Waals surface area contributed by atoms with E-state index in [1.165, 1.54) is 0 Å². The number of hydrogen-bond acceptors (Lipinski definition) is 3. The van der Waals surface area contributed by atoms with Gasteiger partial charge in [-0.3, -0.25) is 14.5 Å². The average molecular weight is 234 g/mol. The standard InChI is InChI=1S/C13H18N2O2/c1-14-13(17)10-15(2)9-12(16)8-11-6-4-3-5-7-11/h3-7H,8-10H2,1-2H3,(H,14,17). The predicted molar refractivity (Wildman–Crippen MR) is 66.7 cm³/mol. The number of ketones is 1. The fourth-order valence-corrected chi connectivity index (χ4v) is 1.56. The van der Waals surface area contributed by atoms with Gasteiger partial charge in [0.15, 0.2) is 5.78 Å². The second-order valence-corrected chi connectivity index (χ2v) is 4.05. The van der Waals surface area contributed by atoms with E-state index in [1.807, 2.05) is 30.3 Å². The Morgan fingerprint density at radius 3 is 2.41 bits per heavy atom. The van der Waals surface area contributed by atoms with Gasteiger partial charge in [0.05, 0.1) is 13.1 Å². The van der Waals surface area contributed by atoms with Gasteiger partial charge in [0.1, 0.15) is 0 Å². The molecule has 0 spiro atoms. The fourth-order valence-electron chi connectivity index (χ4n) is 1.56. The summed E-state index contributed by atoms with van der Waals surface area (Å²) in [4.78, 5) is 24.5. The molecule has 1 aromatic carbocycles. The maximum Gasteiger partial charge on any atom is 0.233 e. The quantitative estimate of drug-likeness (QED) is 0.778. The summed E-state index contributed by atoms with van der Waals surface area (Å²) in [6, 6.07) is 9.60. The number of carbonyl (C=O) groups is 2. The minimum atomic E-state index is -0.0833. The van der Waals surface area contributed by atoms with Crippen molar-refractivity contribution in [2.75, 3.05) is 27.2 Å². The number of likely N-dealkylation sites (N-methyl/N-ethyl adjacent to an activating group) is 2. The first-order chi connectivity index (χ1) is 8.11. The van der Waals surface area contributed by atoms with Gasteiger partial charge in [-0.15, -0.1) is 0 Å². The number of carbonyl (C=O) groups excluding carboxylic acids is 2. The lowest BCUT2D eigenvalue weighted by molar-refractivity contribution is -0.123. The number of nitrogens with zero attached hydrogens (tertiary/aromatic N) is 1. The number of amides is 1. The Balaban J connectivity index is 2.37. The van der Waals surface area contributed by atoms with Crippen LogP contribution in [0.4, 0.5) is 0 Å². The van der Waals surface area contributed by atoms with Crippen molar-refractivity contribution < 1.29 is 9.59 Å². The smallest absolute Gasteiger partial charge is 0.233 e. The zero-order valence-electron chi connectivity index (χ0n) is 10.3. The van der Waals surface area contributed by atoms with Crippen LogP contribution in [0.1, 0.15) is 5.56 Å². The number of Topliss-reactive ketones (excluding diaryl/α,β-unsaturated/α-hetero) is 1. The molecule has 0 bridgehead atoms. The van der Waals surface area contributed by atoms with Crippen LogP contribution in [0.3, 0.4) is 0 Å². The maximum atomic E-state index is 11.7. The Hall–Kier alpha value is -1.68. The van der Waals surface area contributed by atoms with E-state index in [-0.39, 0.29) is 18.2 Å². The molecule has 1 rings (SSSR count). The van der Waals surface area contributed by atoms with E-state index in [0.29, 0.717) is 13.0 Å². The van der Waals surface area contributed by atoms with Crippen LogP contribution in [0.5, 0.6) is 0 Å². The summed E-state index contributed by atoms with van der Waals surface area (Å²) < 4.78 is 0. The van der Waals surface area contributed by atoms with Gasteiger partial charge < -0.3 is 5.32 Å². The van der Waals surface area contributed by atoms with Gasteiger partial charge in [-0.25, -0.2) is 0 Å². The molecule has 0 saturated heterocycles. The van der Waals surface area contributed by atoms with Crippen molar-refractivity contribution in [1.29, 1.82) is 0 Å². The molecule has 0 aliphatic carbocycles. The monoisotopic (exact) mass is 234 g/mol. The molecular weight excluding hydrogens is 216 g/mol. The van der Waals surface area contributed by atoms with Crippen molar-refractivity contribution in [2.45, 2.75) is 6.42 Å².